The van der Waals surface area contributed by atoms with Crippen LogP contribution >= 0.6 is 0 Å². The van der Waals surface area contributed by atoms with Gasteiger partial charge >= 0.3 is 0 Å². The number of nitrogens with zero attached hydrogens (tertiary/aromatic N) is 5. The van der Waals surface area contributed by atoms with Crippen molar-refractivity contribution in [3.63, 3.8) is 0 Å². The minimum Gasteiger partial charge on any atom is -0.493 e. The van der Waals surface area contributed by atoms with Gasteiger partial charge in [-0.1, -0.05) is 0 Å². The van der Waals surface area contributed by atoms with Crippen LogP contribution in [-0.2, 0) is 7.05 Å². The van der Waals surface area contributed by atoms with E-state index in [0.717, 1.165) is 11.5 Å². The Hall–Kier alpha value is -3.56. The van der Waals surface area contributed by atoms with Crippen molar-refractivity contribution in [1.29, 1.82) is 0 Å². The van der Waals surface area contributed by atoms with E-state index in [1.54, 1.807) is 38.1 Å². The summed E-state index contributed by atoms with van der Waals surface area (Å²) < 4.78 is 17.7. The maximum absolute atomic E-state index is 5.36. The zero-order valence-electron chi connectivity index (χ0n) is 15.8. The Kier molecular flexibility index (Phi) is 5.25. The van der Waals surface area contributed by atoms with Crippen molar-refractivity contribution < 1.29 is 14.2 Å². The largest absolute Gasteiger partial charge is 0.493 e. The lowest BCUT2D eigenvalue weighted by Gasteiger charge is -2.14. The smallest absolute Gasteiger partial charge is 0.233 e. The lowest BCUT2D eigenvalue weighted by atomic mass is 10.2. The fourth-order valence-electron chi connectivity index (χ4n) is 2.54. The molecule has 0 radical (unpaired) electrons. The molecular formula is C17H21N7O3. The fourth-order valence-corrected chi connectivity index (χ4v) is 2.54. The molecule has 27 heavy (non-hydrogen) atoms. The Morgan fingerprint density at radius 3 is 2.04 bits per heavy atom. The first-order valence-corrected chi connectivity index (χ1v) is 8.07. The van der Waals surface area contributed by atoms with Crippen molar-refractivity contribution in [1.82, 2.24) is 24.7 Å². The zero-order chi connectivity index (χ0) is 19.4. The predicted molar refractivity (Wildman–Crippen MR) is 100 cm³/mol. The average Bonchev–Trinajstić information content (AvgIpc) is 2.98. The molecule has 0 amide bonds. The van der Waals surface area contributed by atoms with Gasteiger partial charge in [-0.3, -0.25) is 4.68 Å². The van der Waals surface area contributed by atoms with Crippen LogP contribution in [0.15, 0.2) is 24.5 Å². The second kappa shape index (κ2) is 7.77. The number of anilines is 4. The summed E-state index contributed by atoms with van der Waals surface area (Å²) in [5, 5.41) is 10.5. The second-order valence-electron chi connectivity index (χ2n) is 5.59. The summed E-state index contributed by atoms with van der Waals surface area (Å²) in [6.07, 6.45) is 1.42. The Morgan fingerprint density at radius 1 is 0.889 bits per heavy atom. The molecule has 0 saturated heterocycles. The first-order valence-electron chi connectivity index (χ1n) is 8.07. The summed E-state index contributed by atoms with van der Waals surface area (Å²) in [7, 11) is 6.51. The summed E-state index contributed by atoms with van der Waals surface area (Å²) in [6.45, 7) is 1.91. The predicted octanol–water partition coefficient (Wildman–Crippen LogP) is 2.43. The molecule has 0 bridgehead atoms. The third-order valence-electron chi connectivity index (χ3n) is 3.73. The van der Waals surface area contributed by atoms with Gasteiger partial charge in [-0.2, -0.15) is 10.1 Å². The molecule has 10 heteroatoms. The highest BCUT2D eigenvalue weighted by Crippen LogP contribution is 2.40. The topological polar surface area (TPSA) is 108 Å². The van der Waals surface area contributed by atoms with Gasteiger partial charge in [0.25, 0.3) is 0 Å². The quantitative estimate of drug-likeness (QED) is 0.647. The van der Waals surface area contributed by atoms with Crippen LogP contribution in [-0.4, -0.2) is 46.1 Å². The van der Waals surface area contributed by atoms with Crippen molar-refractivity contribution in [2.75, 3.05) is 32.0 Å². The van der Waals surface area contributed by atoms with Crippen molar-refractivity contribution in [3.05, 3.63) is 30.2 Å². The molecule has 2 aromatic heterocycles. The molecule has 2 heterocycles. The molecule has 3 rings (SSSR count). The lowest BCUT2D eigenvalue weighted by molar-refractivity contribution is 0.324. The van der Waals surface area contributed by atoms with E-state index in [4.69, 9.17) is 14.2 Å². The molecular weight excluding hydrogens is 350 g/mol. The van der Waals surface area contributed by atoms with Crippen LogP contribution in [0.5, 0.6) is 17.2 Å². The van der Waals surface area contributed by atoms with Gasteiger partial charge in [-0.25, -0.2) is 9.97 Å². The summed E-state index contributed by atoms with van der Waals surface area (Å²) in [6, 6.07) is 5.43. The number of hydrogen-bond acceptors (Lipinski definition) is 9. The maximum Gasteiger partial charge on any atom is 0.233 e. The standard InChI is InChI=1S/C17H21N7O3/c1-10-6-14(24(2)23-10)21-17-19-9-18-16(22-17)20-11-7-12(25-3)15(27-5)13(8-11)26-4/h6-9H,1-5H3,(H2,18,19,20,21,22). The molecule has 142 valence electrons. The highest BCUT2D eigenvalue weighted by atomic mass is 16.5. The lowest BCUT2D eigenvalue weighted by Crippen LogP contribution is -2.05. The van der Waals surface area contributed by atoms with Gasteiger partial charge in [0.2, 0.25) is 17.6 Å². The van der Waals surface area contributed by atoms with E-state index in [-0.39, 0.29) is 0 Å². The van der Waals surface area contributed by atoms with E-state index < -0.39 is 0 Å². The maximum atomic E-state index is 5.36. The Labute approximate surface area is 156 Å². The number of methoxy groups -OCH3 is 3. The third kappa shape index (κ3) is 4.00. The average molecular weight is 371 g/mol. The number of benzene rings is 1. The van der Waals surface area contributed by atoms with Crippen molar-refractivity contribution in [2.24, 2.45) is 7.05 Å². The number of ether oxygens (including phenoxy) is 3. The van der Waals surface area contributed by atoms with Gasteiger partial charge in [-0.15, -0.1) is 0 Å². The Balaban J connectivity index is 1.85. The first kappa shape index (κ1) is 18.2. The molecule has 0 aliphatic rings. The van der Waals surface area contributed by atoms with Crippen LogP contribution < -0.4 is 24.8 Å². The molecule has 0 atom stereocenters. The van der Waals surface area contributed by atoms with Crippen molar-refractivity contribution in [3.8, 4) is 17.2 Å². The molecule has 0 unspecified atom stereocenters. The molecule has 1 aromatic carbocycles. The highest BCUT2D eigenvalue weighted by molar-refractivity contribution is 5.66. The monoisotopic (exact) mass is 371 g/mol. The summed E-state index contributed by atoms with van der Waals surface area (Å²) in [5.41, 5.74) is 1.57. The molecule has 0 spiro atoms. The van der Waals surface area contributed by atoms with Gasteiger partial charge in [-0.05, 0) is 6.92 Å². The Morgan fingerprint density at radius 2 is 1.52 bits per heavy atom. The van der Waals surface area contributed by atoms with Gasteiger partial charge < -0.3 is 24.8 Å². The van der Waals surface area contributed by atoms with Gasteiger partial charge in [0.15, 0.2) is 11.5 Å². The van der Waals surface area contributed by atoms with Crippen molar-refractivity contribution in [2.45, 2.75) is 6.92 Å². The van der Waals surface area contributed by atoms with Gasteiger partial charge in [0, 0.05) is 30.9 Å². The van der Waals surface area contributed by atoms with Crippen LogP contribution in [0.3, 0.4) is 0 Å². The second-order valence-corrected chi connectivity index (χ2v) is 5.59. The van der Waals surface area contributed by atoms with E-state index in [1.165, 1.54) is 6.33 Å². The number of aryl methyl sites for hydroxylation is 2. The van der Waals surface area contributed by atoms with Crippen LogP contribution in [0.25, 0.3) is 0 Å². The number of hydrogen-bond donors (Lipinski definition) is 2. The van der Waals surface area contributed by atoms with Gasteiger partial charge in [0.1, 0.15) is 12.1 Å². The van der Waals surface area contributed by atoms with Crippen molar-refractivity contribution >= 4 is 23.4 Å². The number of nitrogens with one attached hydrogen (secondary N) is 2. The summed E-state index contributed by atoms with van der Waals surface area (Å²) >= 11 is 0. The minimum atomic E-state index is 0.362. The third-order valence-corrected chi connectivity index (χ3v) is 3.73. The molecule has 0 aliphatic heterocycles. The normalized spacial score (nSPS) is 10.4. The van der Waals surface area contributed by atoms with E-state index in [9.17, 15) is 0 Å². The molecule has 0 aliphatic carbocycles. The van der Waals surface area contributed by atoms with E-state index in [2.05, 4.69) is 30.7 Å². The molecule has 0 saturated carbocycles. The van der Waals surface area contributed by atoms with Gasteiger partial charge in [0.05, 0.1) is 27.0 Å². The van der Waals surface area contributed by atoms with Crippen LogP contribution in [0.2, 0.25) is 0 Å². The van der Waals surface area contributed by atoms with Crippen LogP contribution in [0.4, 0.5) is 23.4 Å². The van der Waals surface area contributed by atoms with E-state index >= 15 is 0 Å². The zero-order valence-corrected chi connectivity index (χ0v) is 15.8. The number of rotatable bonds is 7. The number of aromatic nitrogens is 5. The first-order chi connectivity index (χ1) is 13.0. The SMILES string of the molecule is COc1cc(Nc2ncnc(Nc3cc(C)nn3C)n2)cc(OC)c1OC. The van der Waals surface area contributed by atoms with E-state index in [0.29, 0.717) is 34.8 Å². The molecule has 0 fully saturated rings. The van der Waals surface area contributed by atoms with Crippen LogP contribution in [0.1, 0.15) is 5.69 Å². The summed E-state index contributed by atoms with van der Waals surface area (Å²) in [5.74, 6) is 3.09. The minimum absolute atomic E-state index is 0.362. The molecule has 10 nitrogen and oxygen atoms in total. The van der Waals surface area contributed by atoms with E-state index in [1.807, 2.05) is 20.0 Å². The summed E-state index contributed by atoms with van der Waals surface area (Å²) in [4.78, 5) is 12.7. The Bertz CT molecular complexity index is 917. The fraction of sp³-hybridized carbons (Fsp3) is 0.294. The molecule has 3 aromatic rings. The molecule has 2 N–H and O–H groups in total. The van der Waals surface area contributed by atoms with Crippen LogP contribution in [0, 0.1) is 6.92 Å². The highest BCUT2D eigenvalue weighted by Gasteiger charge is 2.14.